The van der Waals surface area contributed by atoms with Crippen molar-refractivity contribution in [3.05, 3.63) is 24.7 Å². The van der Waals surface area contributed by atoms with Gasteiger partial charge in [-0.25, -0.2) is 5.43 Å². The summed E-state index contributed by atoms with van der Waals surface area (Å²) in [4.78, 5) is 0. The third-order valence-electron chi connectivity index (χ3n) is 1.76. The SMILES string of the molecule is C=CN/C(=C\NC(C)NNC)C(C)(C)O. The molecule has 0 aliphatic rings. The molecule has 0 radical (unpaired) electrons. The highest BCUT2D eigenvalue weighted by Gasteiger charge is 2.18. The van der Waals surface area contributed by atoms with E-state index >= 15 is 0 Å². The second-order valence-corrected chi connectivity index (χ2v) is 3.75. The molecule has 1 atom stereocenters. The van der Waals surface area contributed by atoms with Crippen LogP contribution in [-0.2, 0) is 0 Å². The van der Waals surface area contributed by atoms with Gasteiger partial charge in [-0.2, -0.15) is 0 Å². The molecule has 88 valence electrons. The second kappa shape index (κ2) is 6.44. The van der Waals surface area contributed by atoms with E-state index in [-0.39, 0.29) is 6.17 Å². The number of hydrogen-bond acceptors (Lipinski definition) is 5. The largest absolute Gasteiger partial charge is 0.384 e. The fraction of sp³-hybridized carbons (Fsp3) is 0.600. The van der Waals surface area contributed by atoms with E-state index in [9.17, 15) is 5.11 Å². The van der Waals surface area contributed by atoms with Crippen LogP contribution in [0.15, 0.2) is 24.7 Å². The molecule has 5 nitrogen and oxygen atoms in total. The van der Waals surface area contributed by atoms with Crippen LogP contribution in [0.3, 0.4) is 0 Å². The Labute approximate surface area is 91.6 Å². The summed E-state index contributed by atoms with van der Waals surface area (Å²) in [6, 6.07) is 0. The van der Waals surface area contributed by atoms with E-state index in [1.807, 2.05) is 6.92 Å². The molecule has 0 aromatic carbocycles. The molecule has 0 rings (SSSR count). The molecular formula is C10H22N4O. The minimum atomic E-state index is -0.930. The Hall–Kier alpha value is -1.04. The summed E-state index contributed by atoms with van der Waals surface area (Å²) >= 11 is 0. The van der Waals surface area contributed by atoms with E-state index in [2.05, 4.69) is 28.1 Å². The van der Waals surface area contributed by atoms with Crippen molar-refractivity contribution in [2.75, 3.05) is 7.05 Å². The van der Waals surface area contributed by atoms with Crippen LogP contribution < -0.4 is 21.5 Å². The zero-order valence-corrected chi connectivity index (χ0v) is 9.89. The van der Waals surface area contributed by atoms with Gasteiger partial charge >= 0.3 is 0 Å². The second-order valence-electron chi connectivity index (χ2n) is 3.75. The van der Waals surface area contributed by atoms with Gasteiger partial charge in [-0.05, 0) is 34.0 Å². The monoisotopic (exact) mass is 214 g/mol. The van der Waals surface area contributed by atoms with Crippen molar-refractivity contribution >= 4 is 0 Å². The molecule has 0 aliphatic carbocycles. The van der Waals surface area contributed by atoms with Gasteiger partial charge in [-0.15, -0.1) is 0 Å². The van der Waals surface area contributed by atoms with Gasteiger partial charge < -0.3 is 15.7 Å². The van der Waals surface area contributed by atoms with Crippen LogP contribution >= 0.6 is 0 Å². The van der Waals surface area contributed by atoms with Gasteiger partial charge in [0.15, 0.2) is 0 Å². The molecule has 1 unspecified atom stereocenters. The highest BCUT2D eigenvalue weighted by molar-refractivity contribution is 5.12. The molecule has 5 N–H and O–H groups in total. The molecule has 0 amide bonds. The van der Waals surface area contributed by atoms with Crippen LogP contribution in [0, 0.1) is 0 Å². The van der Waals surface area contributed by atoms with E-state index in [4.69, 9.17) is 0 Å². The van der Waals surface area contributed by atoms with Gasteiger partial charge in [0.05, 0.1) is 11.9 Å². The van der Waals surface area contributed by atoms with E-state index in [0.29, 0.717) is 5.70 Å². The summed E-state index contributed by atoms with van der Waals surface area (Å²) in [6.07, 6.45) is 3.30. The number of hydrazine groups is 1. The predicted molar refractivity (Wildman–Crippen MR) is 62.5 cm³/mol. The lowest BCUT2D eigenvalue weighted by molar-refractivity contribution is 0.113. The summed E-state index contributed by atoms with van der Waals surface area (Å²) in [6.45, 7) is 8.91. The Morgan fingerprint density at radius 1 is 1.47 bits per heavy atom. The maximum atomic E-state index is 9.80. The van der Waals surface area contributed by atoms with E-state index < -0.39 is 5.60 Å². The van der Waals surface area contributed by atoms with Gasteiger partial charge in [0.1, 0.15) is 5.60 Å². The molecule has 0 fully saturated rings. The third-order valence-corrected chi connectivity index (χ3v) is 1.76. The molecule has 0 spiro atoms. The van der Waals surface area contributed by atoms with E-state index in [0.717, 1.165) is 0 Å². The smallest absolute Gasteiger partial charge is 0.100 e. The lowest BCUT2D eigenvalue weighted by atomic mass is 10.1. The molecule has 0 aromatic rings. The van der Waals surface area contributed by atoms with Gasteiger partial charge in [0.25, 0.3) is 0 Å². The average Bonchev–Trinajstić information content (AvgIpc) is 2.10. The average molecular weight is 214 g/mol. The van der Waals surface area contributed by atoms with E-state index in [1.165, 1.54) is 6.20 Å². The minimum Gasteiger partial charge on any atom is -0.384 e. The number of nitrogens with one attached hydrogen (secondary N) is 4. The Morgan fingerprint density at radius 2 is 2.07 bits per heavy atom. The van der Waals surface area contributed by atoms with Crippen molar-refractivity contribution in [1.82, 2.24) is 21.5 Å². The molecule has 0 saturated carbocycles. The van der Waals surface area contributed by atoms with Crippen molar-refractivity contribution in [2.45, 2.75) is 32.5 Å². The fourth-order valence-corrected chi connectivity index (χ4v) is 0.971. The van der Waals surface area contributed by atoms with Gasteiger partial charge in [-0.3, -0.25) is 5.43 Å². The summed E-state index contributed by atoms with van der Waals surface area (Å²) in [7, 11) is 1.79. The van der Waals surface area contributed by atoms with Crippen LogP contribution in [-0.4, -0.2) is 23.9 Å². The Bertz CT molecular complexity index is 220. The van der Waals surface area contributed by atoms with Crippen molar-refractivity contribution in [3.8, 4) is 0 Å². The first-order valence-corrected chi connectivity index (χ1v) is 4.90. The summed E-state index contributed by atoms with van der Waals surface area (Å²) in [5.74, 6) is 0. The highest BCUT2D eigenvalue weighted by atomic mass is 16.3. The zero-order chi connectivity index (χ0) is 11.9. The van der Waals surface area contributed by atoms with Crippen molar-refractivity contribution in [2.24, 2.45) is 0 Å². The molecule has 0 heterocycles. The maximum absolute atomic E-state index is 9.80. The Morgan fingerprint density at radius 3 is 2.47 bits per heavy atom. The van der Waals surface area contributed by atoms with Crippen molar-refractivity contribution in [1.29, 1.82) is 0 Å². The number of rotatable bonds is 7. The van der Waals surface area contributed by atoms with Crippen molar-refractivity contribution < 1.29 is 5.11 Å². The molecule has 0 saturated heterocycles. The van der Waals surface area contributed by atoms with Crippen LogP contribution in [0.5, 0.6) is 0 Å². The maximum Gasteiger partial charge on any atom is 0.100 e. The van der Waals surface area contributed by atoms with Crippen LogP contribution in [0.4, 0.5) is 0 Å². The Balaban J connectivity index is 4.36. The summed E-state index contributed by atoms with van der Waals surface area (Å²) in [5, 5.41) is 15.8. The predicted octanol–water partition coefficient (Wildman–Crippen LogP) is -0.00860. The molecule has 15 heavy (non-hydrogen) atoms. The fourth-order valence-electron chi connectivity index (χ4n) is 0.971. The topological polar surface area (TPSA) is 68.3 Å². The lowest BCUT2D eigenvalue weighted by Gasteiger charge is -2.23. The quantitative estimate of drug-likeness (QED) is 0.305. The first-order chi connectivity index (χ1) is 6.91. The van der Waals surface area contributed by atoms with Crippen LogP contribution in [0.2, 0.25) is 0 Å². The first kappa shape index (κ1) is 14.0. The molecule has 0 aliphatic heterocycles. The highest BCUT2D eigenvalue weighted by Crippen LogP contribution is 2.11. The molecular weight excluding hydrogens is 192 g/mol. The van der Waals surface area contributed by atoms with Crippen LogP contribution in [0.25, 0.3) is 0 Å². The van der Waals surface area contributed by atoms with Crippen molar-refractivity contribution in [3.63, 3.8) is 0 Å². The van der Waals surface area contributed by atoms with E-state index in [1.54, 1.807) is 27.1 Å². The summed E-state index contributed by atoms with van der Waals surface area (Å²) in [5.41, 5.74) is 5.50. The number of aliphatic hydroxyl groups is 1. The standard InChI is InChI=1S/C10H22N4O/c1-6-12-9(10(3,4)15)7-13-8(2)14-11-5/h6-8,11-15H,1H2,2-5H3/b9-7-. The molecule has 0 bridgehead atoms. The summed E-state index contributed by atoms with van der Waals surface area (Å²) < 4.78 is 0. The Kier molecular flexibility index (Phi) is 6.00. The van der Waals surface area contributed by atoms with Gasteiger partial charge in [0.2, 0.25) is 0 Å². The lowest BCUT2D eigenvalue weighted by Crippen LogP contribution is -2.44. The molecule has 0 aromatic heterocycles. The molecule has 5 heteroatoms. The van der Waals surface area contributed by atoms with Gasteiger partial charge in [0, 0.05) is 6.20 Å². The van der Waals surface area contributed by atoms with Gasteiger partial charge in [-0.1, -0.05) is 6.58 Å². The normalized spacial score (nSPS) is 14.6. The zero-order valence-electron chi connectivity index (χ0n) is 9.89. The van der Waals surface area contributed by atoms with Crippen LogP contribution in [0.1, 0.15) is 20.8 Å². The third kappa shape index (κ3) is 6.11. The number of hydrogen-bond donors (Lipinski definition) is 5. The first-order valence-electron chi connectivity index (χ1n) is 4.90. The minimum absolute atomic E-state index is 0.0546.